The largest absolute Gasteiger partial charge is 0.490 e. The Bertz CT molecular complexity index is 529. The van der Waals surface area contributed by atoms with Gasteiger partial charge in [-0.05, 0) is 65.2 Å². The smallest absolute Gasteiger partial charge is 0.166 e. The number of fused-ring (bicyclic) bond motifs is 2. The number of hydrogen-bond acceptors (Lipinski definition) is 3. The lowest BCUT2D eigenvalue weighted by atomic mass is 9.83. The molecule has 21 heavy (non-hydrogen) atoms. The molecular weight excluding hydrogens is 332 g/mol. The van der Waals surface area contributed by atoms with Crippen LogP contribution in [0.15, 0.2) is 22.7 Å². The van der Waals surface area contributed by atoms with Crippen LogP contribution >= 0.6 is 15.9 Å². The molecule has 0 aliphatic heterocycles. The van der Waals surface area contributed by atoms with Crippen molar-refractivity contribution >= 4 is 21.7 Å². The molecule has 1 aromatic carbocycles. The number of carbonyl (C=O) groups excluding carboxylic acids is 1. The number of rotatable bonds is 6. The van der Waals surface area contributed by atoms with Crippen LogP contribution in [0, 0.1) is 17.8 Å². The first-order valence-electron chi connectivity index (χ1n) is 7.64. The van der Waals surface area contributed by atoms with Gasteiger partial charge < -0.3 is 9.47 Å². The highest BCUT2D eigenvalue weighted by Crippen LogP contribution is 2.49. The fraction of sp³-hybridized carbons (Fsp3) is 0.588. The molecule has 0 N–H and O–H groups in total. The fourth-order valence-corrected chi connectivity index (χ4v) is 4.28. The van der Waals surface area contributed by atoms with Crippen molar-refractivity contribution in [2.45, 2.75) is 25.7 Å². The van der Waals surface area contributed by atoms with E-state index >= 15 is 0 Å². The van der Waals surface area contributed by atoms with Crippen molar-refractivity contribution in [2.24, 2.45) is 17.8 Å². The Balaban J connectivity index is 1.68. The van der Waals surface area contributed by atoms with E-state index in [0.717, 1.165) is 28.1 Å². The average molecular weight is 353 g/mol. The first-order valence-corrected chi connectivity index (χ1v) is 8.44. The third-order valence-electron chi connectivity index (χ3n) is 4.84. The second-order valence-corrected chi connectivity index (χ2v) is 6.99. The summed E-state index contributed by atoms with van der Waals surface area (Å²) >= 11 is 3.50. The first kappa shape index (κ1) is 15.0. The summed E-state index contributed by atoms with van der Waals surface area (Å²) in [7, 11) is 1.65. The zero-order chi connectivity index (χ0) is 14.8. The topological polar surface area (TPSA) is 35.5 Å². The van der Waals surface area contributed by atoms with Crippen LogP contribution in [-0.4, -0.2) is 26.1 Å². The molecule has 3 unspecified atom stereocenters. The lowest BCUT2D eigenvalue weighted by Gasteiger charge is -2.20. The third-order valence-corrected chi connectivity index (χ3v) is 5.46. The number of benzene rings is 1. The van der Waals surface area contributed by atoms with Crippen molar-refractivity contribution < 1.29 is 14.3 Å². The molecule has 4 heteroatoms. The summed E-state index contributed by atoms with van der Waals surface area (Å²) in [6.45, 7) is 1.06. The minimum atomic E-state index is 0.246. The van der Waals surface area contributed by atoms with E-state index in [1.165, 1.54) is 19.3 Å². The fourth-order valence-electron chi connectivity index (χ4n) is 3.79. The number of ether oxygens (including phenoxy) is 2. The average Bonchev–Trinajstić information content (AvgIpc) is 3.11. The Hall–Kier alpha value is -0.870. The quantitative estimate of drug-likeness (QED) is 0.571. The highest BCUT2D eigenvalue weighted by atomic mass is 79.9. The summed E-state index contributed by atoms with van der Waals surface area (Å²) in [6, 6.07) is 5.66. The summed E-state index contributed by atoms with van der Waals surface area (Å²) < 4.78 is 11.4. The van der Waals surface area contributed by atoms with Gasteiger partial charge in [0.1, 0.15) is 12.4 Å². The van der Waals surface area contributed by atoms with E-state index in [-0.39, 0.29) is 5.92 Å². The Morgan fingerprint density at radius 1 is 1.29 bits per heavy atom. The van der Waals surface area contributed by atoms with Gasteiger partial charge in [-0.3, -0.25) is 4.79 Å². The minimum absolute atomic E-state index is 0.246. The molecule has 0 aromatic heterocycles. The zero-order valence-corrected chi connectivity index (χ0v) is 13.9. The Kier molecular flexibility index (Phi) is 4.65. The molecule has 2 aliphatic carbocycles. The molecular formula is C17H21BrO3. The van der Waals surface area contributed by atoms with Gasteiger partial charge in [-0.25, -0.2) is 0 Å². The number of methoxy groups -OCH3 is 1. The summed E-state index contributed by atoms with van der Waals surface area (Å²) in [4.78, 5) is 12.7. The van der Waals surface area contributed by atoms with Gasteiger partial charge in [0.15, 0.2) is 5.78 Å². The van der Waals surface area contributed by atoms with E-state index in [9.17, 15) is 4.79 Å². The van der Waals surface area contributed by atoms with E-state index in [0.29, 0.717) is 24.9 Å². The second-order valence-electron chi connectivity index (χ2n) is 6.13. The lowest BCUT2D eigenvalue weighted by molar-refractivity contribution is 0.0874. The second kappa shape index (κ2) is 6.49. The summed E-state index contributed by atoms with van der Waals surface area (Å²) in [5.74, 6) is 2.74. The maximum Gasteiger partial charge on any atom is 0.166 e. The Labute approximate surface area is 134 Å². The van der Waals surface area contributed by atoms with Gasteiger partial charge in [0.05, 0.1) is 11.1 Å². The van der Waals surface area contributed by atoms with E-state index in [4.69, 9.17) is 9.47 Å². The summed E-state index contributed by atoms with van der Waals surface area (Å²) in [5.41, 5.74) is 0.804. The zero-order valence-electron chi connectivity index (χ0n) is 12.3. The molecule has 2 saturated carbocycles. The maximum absolute atomic E-state index is 12.7. The first-order chi connectivity index (χ1) is 10.2. The summed E-state index contributed by atoms with van der Waals surface area (Å²) in [6.07, 6.45) is 4.91. The van der Waals surface area contributed by atoms with E-state index in [2.05, 4.69) is 15.9 Å². The van der Waals surface area contributed by atoms with Crippen molar-refractivity contribution in [1.82, 2.24) is 0 Å². The number of halogens is 1. The van der Waals surface area contributed by atoms with Crippen molar-refractivity contribution in [3.05, 3.63) is 28.2 Å². The van der Waals surface area contributed by atoms with Crippen LogP contribution in [0.25, 0.3) is 0 Å². The highest BCUT2D eigenvalue weighted by Gasteiger charge is 2.43. The van der Waals surface area contributed by atoms with Gasteiger partial charge in [0.2, 0.25) is 0 Å². The number of hydrogen-bond donors (Lipinski definition) is 0. The monoisotopic (exact) mass is 352 g/mol. The third kappa shape index (κ3) is 3.16. The highest BCUT2D eigenvalue weighted by molar-refractivity contribution is 9.10. The molecule has 2 fully saturated rings. The van der Waals surface area contributed by atoms with Crippen molar-refractivity contribution in [2.75, 3.05) is 20.3 Å². The standard InChI is InChI=1S/C17H21BrO3/c1-20-6-7-21-16-5-4-13(10-15(16)18)17(19)14-9-11-2-3-12(14)8-11/h4-5,10-12,14H,2-3,6-9H2,1H3. The predicted molar refractivity (Wildman–Crippen MR) is 84.8 cm³/mol. The van der Waals surface area contributed by atoms with Crippen molar-refractivity contribution in [3.8, 4) is 5.75 Å². The van der Waals surface area contributed by atoms with Gasteiger partial charge in [-0.2, -0.15) is 0 Å². The van der Waals surface area contributed by atoms with Gasteiger partial charge in [-0.1, -0.05) is 6.42 Å². The van der Waals surface area contributed by atoms with Crippen LogP contribution in [0.5, 0.6) is 5.75 Å². The predicted octanol–water partition coefficient (Wildman–Crippen LogP) is 4.09. The van der Waals surface area contributed by atoms with Gasteiger partial charge in [0.25, 0.3) is 0 Å². The van der Waals surface area contributed by atoms with Crippen molar-refractivity contribution in [1.29, 1.82) is 0 Å². The molecule has 2 aliphatic rings. The molecule has 2 bridgehead atoms. The minimum Gasteiger partial charge on any atom is -0.490 e. The van der Waals surface area contributed by atoms with Crippen LogP contribution < -0.4 is 4.74 Å². The van der Waals surface area contributed by atoms with E-state index in [1.807, 2.05) is 18.2 Å². The molecule has 3 nitrogen and oxygen atoms in total. The molecule has 3 atom stereocenters. The van der Waals surface area contributed by atoms with Crippen LogP contribution in [0.2, 0.25) is 0 Å². The van der Waals surface area contributed by atoms with Crippen molar-refractivity contribution in [3.63, 3.8) is 0 Å². The van der Waals surface area contributed by atoms with E-state index in [1.54, 1.807) is 7.11 Å². The number of carbonyl (C=O) groups is 1. The Morgan fingerprint density at radius 3 is 2.76 bits per heavy atom. The molecule has 114 valence electrons. The lowest BCUT2D eigenvalue weighted by Crippen LogP contribution is -2.21. The van der Waals surface area contributed by atoms with Crippen LogP contribution in [0.4, 0.5) is 0 Å². The van der Waals surface area contributed by atoms with Crippen LogP contribution in [0.3, 0.4) is 0 Å². The molecule has 1 aromatic rings. The van der Waals surface area contributed by atoms with Gasteiger partial charge >= 0.3 is 0 Å². The molecule has 3 rings (SSSR count). The SMILES string of the molecule is COCCOc1ccc(C(=O)C2CC3CCC2C3)cc1Br. The van der Waals surface area contributed by atoms with Crippen LogP contribution in [0.1, 0.15) is 36.0 Å². The Morgan fingerprint density at radius 2 is 2.14 bits per heavy atom. The molecule has 0 saturated heterocycles. The van der Waals surface area contributed by atoms with E-state index < -0.39 is 0 Å². The van der Waals surface area contributed by atoms with Gasteiger partial charge in [-0.15, -0.1) is 0 Å². The molecule has 0 heterocycles. The van der Waals surface area contributed by atoms with Gasteiger partial charge in [0, 0.05) is 18.6 Å². The maximum atomic E-state index is 12.7. The normalized spacial score (nSPS) is 27.0. The number of Topliss-reactive ketones (excluding diaryl/α,β-unsaturated/α-hetero) is 1. The summed E-state index contributed by atoms with van der Waals surface area (Å²) in [5, 5.41) is 0. The molecule has 0 radical (unpaired) electrons. The molecule has 0 spiro atoms. The number of ketones is 1. The van der Waals surface area contributed by atoms with Crippen LogP contribution in [-0.2, 0) is 4.74 Å². The molecule has 0 amide bonds.